The Morgan fingerprint density at radius 1 is 0.918 bits per heavy atom. The van der Waals surface area contributed by atoms with Crippen LogP contribution in [0.15, 0.2) is 47.5 Å². The van der Waals surface area contributed by atoms with Crippen LogP contribution in [0.2, 0.25) is 0 Å². The number of carbonyl (C=O) groups excluding carboxylic acids is 6. The molecule has 1 saturated carbocycles. The Labute approximate surface area is 351 Å². The highest BCUT2D eigenvalue weighted by molar-refractivity contribution is 6.24. The molecule has 3 aliphatic heterocycles. The molecular weight excluding hydrogens is 785 g/mol. The highest BCUT2D eigenvalue weighted by Crippen LogP contribution is 2.34. The second kappa shape index (κ2) is 17.6. The second-order valence-electron chi connectivity index (χ2n) is 15.9. The number of fused-ring (bicyclic) bond motifs is 2. The topological polar surface area (TPSA) is 218 Å². The lowest BCUT2D eigenvalue weighted by molar-refractivity contribution is -0.136. The number of aryl methyl sites for hydroxylation is 1. The molecule has 8 rings (SSSR count). The maximum Gasteiger partial charge on any atom is 0.266 e. The van der Waals surface area contributed by atoms with Crippen molar-refractivity contribution in [1.82, 2.24) is 40.0 Å². The van der Waals surface area contributed by atoms with Crippen LogP contribution in [-0.2, 0) is 14.4 Å². The van der Waals surface area contributed by atoms with E-state index in [1.807, 2.05) is 18.3 Å². The average molecular weight is 833 g/mol. The molecule has 4 aromatic rings. The third-order valence-corrected chi connectivity index (χ3v) is 12.0. The lowest BCUT2D eigenvalue weighted by atomic mass is 10.0. The van der Waals surface area contributed by atoms with Crippen LogP contribution >= 0.6 is 0 Å². The van der Waals surface area contributed by atoms with Gasteiger partial charge in [-0.1, -0.05) is 18.9 Å². The van der Waals surface area contributed by atoms with E-state index in [4.69, 9.17) is 9.72 Å². The minimum absolute atomic E-state index is 0.00201. The molecule has 1 unspecified atom stereocenters. The van der Waals surface area contributed by atoms with Crippen LogP contribution < -0.4 is 31.1 Å². The van der Waals surface area contributed by atoms with Crippen molar-refractivity contribution in [2.75, 3.05) is 56.1 Å². The van der Waals surface area contributed by atoms with Gasteiger partial charge in [0.1, 0.15) is 23.3 Å². The Hall–Kier alpha value is -6.56. The number of amides is 5. The van der Waals surface area contributed by atoms with Gasteiger partial charge in [0.2, 0.25) is 17.8 Å². The Kier molecular flexibility index (Phi) is 11.9. The first-order chi connectivity index (χ1) is 29.5. The van der Waals surface area contributed by atoms with Gasteiger partial charge < -0.3 is 20.3 Å². The minimum Gasteiger partial charge on any atom is -0.483 e. The quantitative estimate of drug-likeness (QED) is 0.0946. The number of imide groups is 2. The summed E-state index contributed by atoms with van der Waals surface area (Å²) in [5.74, 6) is -2.14. The maximum atomic E-state index is 13.6. The zero-order chi connectivity index (χ0) is 42.8. The fourth-order valence-corrected chi connectivity index (χ4v) is 8.79. The van der Waals surface area contributed by atoms with E-state index in [2.05, 4.69) is 35.7 Å². The Morgan fingerprint density at radius 2 is 1.70 bits per heavy atom. The number of piperidine rings is 1. The standard InChI is InChI=1S/C43H48N10O8/c1-25-30-23-46-43(49-38(30)52(27-8-3-4-9-27)41(59)36(25)26(2)54)47-33-14-12-28(22-45-33)51-20-18-50(19-21-51)17-6-5-16-44-35(56)24-61-32-11-7-10-29-37(32)42(60)53(40(29)58)31-13-15-34(55)48-39(31)57/h7,10-12,14,22-23,27,31H,3-6,8-9,13,15-21,24H2,1-2H3,(H,44,56)(H,48,55,57)(H,45,46,47,49). The van der Waals surface area contributed by atoms with Gasteiger partial charge in [-0.2, -0.15) is 4.98 Å². The molecule has 0 bridgehead atoms. The molecule has 5 amide bonds. The van der Waals surface area contributed by atoms with Crippen LogP contribution in [0.4, 0.5) is 17.5 Å². The summed E-state index contributed by atoms with van der Waals surface area (Å²) in [6, 6.07) is 7.31. The van der Waals surface area contributed by atoms with Gasteiger partial charge in [0.15, 0.2) is 12.4 Å². The smallest absolute Gasteiger partial charge is 0.266 e. The van der Waals surface area contributed by atoms with E-state index in [9.17, 15) is 33.6 Å². The average Bonchev–Trinajstić information content (AvgIpc) is 3.86. The number of ether oxygens (including phenoxy) is 1. The van der Waals surface area contributed by atoms with E-state index < -0.39 is 29.7 Å². The number of pyridine rings is 2. The Bertz CT molecular complexity index is 2470. The number of hydrogen-bond donors (Lipinski definition) is 3. The van der Waals surface area contributed by atoms with Crippen molar-refractivity contribution in [2.45, 2.75) is 77.3 Å². The molecule has 4 aliphatic rings. The number of nitrogens with one attached hydrogen (secondary N) is 3. The third-order valence-electron chi connectivity index (χ3n) is 12.0. The molecule has 18 nitrogen and oxygen atoms in total. The van der Waals surface area contributed by atoms with Gasteiger partial charge >= 0.3 is 0 Å². The summed E-state index contributed by atoms with van der Waals surface area (Å²) < 4.78 is 7.38. The monoisotopic (exact) mass is 832 g/mol. The van der Waals surface area contributed by atoms with E-state index in [1.165, 1.54) is 19.1 Å². The van der Waals surface area contributed by atoms with Gasteiger partial charge in [-0.15, -0.1) is 0 Å². The first kappa shape index (κ1) is 41.2. The van der Waals surface area contributed by atoms with Gasteiger partial charge in [-0.25, -0.2) is 9.97 Å². The lowest BCUT2D eigenvalue weighted by Gasteiger charge is -2.36. The summed E-state index contributed by atoms with van der Waals surface area (Å²) in [5.41, 5.74) is 2.12. The molecule has 0 spiro atoms. The number of hydrogen-bond acceptors (Lipinski definition) is 14. The fourth-order valence-electron chi connectivity index (χ4n) is 8.79. The van der Waals surface area contributed by atoms with Crippen molar-refractivity contribution in [3.63, 3.8) is 0 Å². The van der Waals surface area contributed by atoms with Gasteiger partial charge in [0.25, 0.3) is 23.3 Å². The number of carbonyl (C=O) groups is 6. The number of Topliss-reactive ketones (excluding diaryl/α,β-unsaturated/α-hetero) is 1. The number of rotatable bonds is 14. The van der Waals surface area contributed by atoms with Crippen molar-refractivity contribution in [1.29, 1.82) is 0 Å². The van der Waals surface area contributed by atoms with Crippen LogP contribution in [0.3, 0.4) is 0 Å². The summed E-state index contributed by atoms with van der Waals surface area (Å²) in [7, 11) is 0. The molecule has 1 atom stereocenters. The van der Waals surface area contributed by atoms with E-state index in [1.54, 1.807) is 23.8 Å². The number of aromatic nitrogens is 4. The highest BCUT2D eigenvalue weighted by atomic mass is 16.5. The molecule has 6 heterocycles. The predicted octanol–water partition coefficient (Wildman–Crippen LogP) is 3.05. The van der Waals surface area contributed by atoms with Gasteiger partial charge in [0, 0.05) is 56.8 Å². The van der Waals surface area contributed by atoms with Crippen LogP contribution in [0.5, 0.6) is 5.75 Å². The second-order valence-corrected chi connectivity index (χ2v) is 15.9. The zero-order valence-electron chi connectivity index (χ0n) is 34.2. The number of benzene rings is 1. The van der Waals surface area contributed by atoms with Gasteiger partial charge in [0.05, 0.1) is 28.6 Å². The molecule has 3 fully saturated rings. The number of nitrogens with zero attached hydrogens (tertiary/aromatic N) is 7. The maximum absolute atomic E-state index is 13.6. The van der Waals surface area contributed by atoms with Crippen LogP contribution in [-0.4, -0.2) is 117 Å². The van der Waals surface area contributed by atoms with Crippen molar-refractivity contribution in [3.05, 3.63) is 75.3 Å². The molecule has 18 heteroatoms. The Balaban J connectivity index is 0.768. The van der Waals surface area contributed by atoms with Crippen LogP contribution in [0.25, 0.3) is 11.0 Å². The fraction of sp³-hybridized carbons (Fsp3) is 0.442. The first-order valence-electron chi connectivity index (χ1n) is 20.9. The highest BCUT2D eigenvalue weighted by Gasteiger charge is 2.46. The van der Waals surface area contributed by atoms with Crippen molar-refractivity contribution in [2.24, 2.45) is 0 Å². The molecule has 3 N–H and O–H groups in total. The third kappa shape index (κ3) is 8.44. The normalized spacial score (nSPS) is 18.4. The Morgan fingerprint density at radius 3 is 2.43 bits per heavy atom. The number of unbranched alkanes of at least 4 members (excludes halogenated alkanes) is 1. The van der Waals surface area contributed by atoms with Crippen LogP contribution in [0, 0.1) is 6.92 Å². The number of piperazine rings is 1. The molecule has 318 valence electrons. The zero-order valence-corrected chi connectivity index (χ0v) is 34.2. The molecule has 1 aromatic carbocycles. The molecule has 0 radical (unpaired) electrons. The number of anilines is 3. The molecule has 1 aliphatic carbocycles. The summed E-state index contributed by atoms with van der Waals surface area (Å²) >= 11 is 0. The van der Waals surface area contributed by atoms with E-state index in [0.717, 1.165) is 81.8 Å². The molecule has 61 heavy (non-hydrogen) atoms. The first-order valence-corrected chi connectivity index (χ1v) is 20.9. The molecule has 2 saturated heterocycles. The van der Waals surface area contributed by atoms with Gasteiger partial charge in [-0.3, -0.25) is 53.2 Å². The predicted molar refractivity (Wildman–Crippen MR) is 223 cm³/mol. The summed E-state index contributed by atoms with van der Waals surface area (Å²) in [4.78, 5) is 108. The SMILES string of the molecule is CC(=O)c1c(C)c2cnc(Nc3ccc(N4CCN(CCCCNC(=O)COc5cccc6c5C(=O)N(C5CCC(=O)NC5=O)C6=O)CC4)cn3)nc2n(C2CCCC2)c1=O. The summed E-state index contributed by atoms with van der Waals surface area (Å²) in [6.45, 7) is 7.60. The van der Waals surface area contributed by atoms with Crippen molar-refractivity contribution in [3.8, 4) is 5.75 Å². The lowest BCUT2D eigenvalue weighted by Crippen LogP contribution is -2.54. The minimum atomic E-state index is -1.09. The number of ketones is 1. The van der Waals surface area contributed by atoms with Gasteiger partial charge in [-0.05, 0) is 82.3 Å². The van der Waals surface area contributed by atoms with Crippen LogP contribution in [0.1, 0.15) is 101 Å². The summed E-state index contributed by atoms with van der Waals surface area (Å²) in [6.07, 6.45) is 8.99. The van der Waals surface area contributed by atoms with E-state index in [0.29, 0.717) is 34.9 Å². The molecular formula is C43H48N10O8. The van der Waals surface area contributed by atoms with E-state index >= 15 is 0 Å². The van der Waals surface area contributed by atoms with Crippen molar-refractivity contribution < 1.29 is 33.5 Å². The summed E-state index contributed by atoms with van der Waals surface area (Å²) in [5, 5.41) is 8.90. The largest absolute Gasteiger partial charge is 0.483 e. The molecule has 3 aromatic heterocycles. The van der Waals surface area contributed by atoms with Crippen molar-refractivity contribution >= 4 is 63.8 Å². The van der Waals surface area contributed by atoms with E-state index in [-0.39, 0.29) is 65.2 Å².